The molecule has 2 rings (SSSR count). The summed E-state index contributed by atoms with van der Waals surface area (Å²) in [4.78, 5) is 19.2. The first-order chi connectivity index (χ1) is 8.00. The van der Waals surface area contributed by atoms with E-state index in [1.165, 1.54) is 0 Å². The number of aryl methyl sites for hydroxylation is 2. The normalized spacial score (nSPS) is 12.9. The van der Waals surface area contributed by atoms with Crippen LogP contribution in [0.2, 0.25) is 0 Å². The van der Waals surface area contributed by atoms with Crippen molar-refractivity contribution in [3.8, 4) is 0 Å². The summed E-state index contributed by atoms with van der Waals surface area (Å²) in [5.41, 5.74) is 8.04. The predicted molar refractivity (Wildman–Crippen MR) is 61.6 cm³/mol. The highest BCUT2D eigenvalue weighted by Crippen LogP contribution is 2.20. The number of aliphatic carboxylic acids is 1. The largest absolute Gasteiger partial charge is 0.481 e. The van der Waals surface area contributed by atoms with E-state index in [9.17, 15) is 4.79 Å². The Morgan fingerprint density at radius 2 is 2.29 bits per heavy atom. The zero-order valence-electron chi connectivity index (χ0n) is 9.71. The van der Waals surface area contributed by atoms with Crippen molar-refractivity contribution >= 4 is 11.6 Å². The molecular weight excluding hydrogens is 220 g/mol. The molecular formula is C11H14N4O2. The molecule has 0 saturated carbocycles. The second-order valence-electron chi connectivity index (χ2n) is 3.97. The third-order valence-electron chi connectivity index (χ3n) is 2.72. The summed E-state index contributed by atoms with van der Waals surface area (Å²) in [7, 11) is 0. The molecule has 2 heterocycles. The van der Waals surface area contributed by atoms with Gasteiger partial charge in [0.1, 0.15) is 11.5 Å². The monoisotopic (exact) mass is 234 g/mol. The summed E-state index contributed by atoms with van der Waals surface area (Å²) in [6, 6.07) is 1.18. The highest BCUT2D eigenvalue weighted by Gasteiger charge is 2.18. The lowest BCUT2D eigenvalue weighted by Gasteiger charge is -2.06. The molecule has 17 heavy (non-hydrogen) atoms. The lowest BCUT2D eigenvalue weighted by molar-refractivity contribution is -0.137. The molecule has 0 aromatic carbocycles. The van der Waals surface area contributed by atoms with E-state index in [1.807, 2.05) is 18.2 Å². The van der Waals surface area contributed by atoms with Crippen LogP contribution in [-0.2, 0) is 4.79 Å². The highest BCUT2D eigenvalue weighted by molar-refractivity contribution is 5.68. The molecule has 0 aliphatic heterocycles. The second-order valence-corrected chi connectivity index (χ2v) is 3.97. The summed E-state index contributed by atoms with van der Waals surface area (Å²) < 4.78 is 1.87. The third kappa shape index (κ3) is 1.99. The van der Waals surface area contributed by atoms with Crippen LogP contribution in [0.5, 0.6) is 0 Å². The van der Waals surface area contributed by atoms with E-state index < -0.39 is 12.0 Å². The van der Waals surface area contributed by atoms with Crippen LogP contribution in [0, 0.1) is 13.8 Å². The Morgan fingerprint density at radius 3 is 2.88 bits per heavy atom. The van der Waals surface area contributed by atoms with E-state index in [2.05, 4.69) is 9.97 Å². The van der Waals surface area contributed by atoms with Gasteiger partial charge in [0, 0.05) is 11.9 Å². The smallest absolute Gasteiger partial charge is 0.305 e. The molecule has 6 heteroatoms. The van der Waals surface area contributed by atoms with Crippen LogP contribution in [0.25, 0.3) is 5.65 Å². The fourth-order valence-corrected chi connectivity index (χ4v) is 1.97. The SMILES string of the molecule is Cc1nccc2nc(C(N)CC(=O)O)c(C)n12. The molecule has 0 fully saturated rings. The van der Waals surface area contributed by atoms with E-state index in [-0.39, 0.29) is 6.42 Å². The van der Waals surface area contributed by atoms with Crippen LogP contribution in [0.1, 0.15) is 29.7 Å². The second kappa shape index (κ2) is 4.14. The van der Waals surface area contributed by atoms with Crippen LogP contribution in [0.4, 0.5) is 0 Å². The summed E-state index contributed by atoms with van der Waals surface area (Å²) >= 11 is 0. The number of carbonyl (C=O) groups is 1. The van der Waals surface area contributed by atoms with Gasteiger partial charge in [-0.1, -0.05) is 0 Å². The number of rotatable bonds is 3. The minimum Gasteiger partial charge on any atom is -0.481 e. The fraction of sp³-hybridized carbons (Fsp3) is 0.364. The van der Waals surface area contributed by atoms with E-state index in [1.54, 1.807) is 12.3 Å². The molecule has 0 aliphatic rings. The zero-order valence-corrected chi connectivity index (χ0v) is 9.71. The van der Waals surface area contributed by atoms with Gasteiger partial charge < -0.3 is 10.8 Å². The standard InChI is InChI=1S/C11H14N4O2/c1-6-11(8(12)5-10(16)17)14-9-3-4-13-7(2)15(6)9/h3-4,8H,5,12H2,1-2H3,(H,16,17). The van der Waals surface area contributed by atoms with Crippen LogP contribution < -0.4 is 5.73 Å². The summed E-state index contributed by atoms with van der Waals surface area (Å²) in [6.07, 6.45) is 1.54. The maximum atomic E-state index is 10.6. The predicted octanol–water partition coefficient (Wildman–Crippen LogP) is 0.821. The van der Waals surface area contributed by atoms with E-state index in [4.69, 9.17) is 10.8 Å². The molecule has 0 bridgehead atoms. The molecule has 1 unspecified atom stereocenters. The van der Waals surface area contributed by atoms with Gasteiger partial charge in [-0.3, -0.25) is 9.20 Å². The first-order valence-corrected chi connectivity index (χ1v) is 5.28. The molecule has 2 aromatic rings. The molecule has 0 aliphatic carbocycles. The van der Waals surface area contributed by atoms with Gasteiger partial charge in [-0.25, -0.2) is 9.97 Å². The van der Waals surface area contributed by atoms with Crippen molar-refractivity contribution in [1.82, 2.24) is 14.4 Å². The maximum Gasteiger partial charge on any atom is 0.305 e. The van der Waals surface area contributed by atoms with Crippen molar-refractivity contribution in [1.29, 1.82) is 0 Å². The molecule has 1 atom stereocenters. The quantitative estimate of drug-likeness (QED) is 0.820. The maximum absolute atomic E-state index is 10.6. The summed E-state index contributed by atoms with van der Waals surface area (Å²) in [5, 5.41) is 8.74. The van der Waals surface area contributed by atoms with Crippen molar-refractivity contribution in [2.24, 2.45) is 5.73 Å². The van der Waals surface area contributed by atoms with Crippen LogP contribution in [-0.4, -0.2) is 25.4 Å². The number of imidazole rings is 1. The average Bonchev–Trinajstić information content (AvgIpc) is 2.56. The highest BCUT2D eigenvalue weighted by atomic mass is 16.4. The Morgan fingerprint density at radius 1 is 1.59 bits per heavy atom. The first kappa shape index (κ1) is 11.5. The average molecular weight is 234 g/mol. The topological polar surface area (TPSA) is 93.5 Å². The Balaban J connectivity index is 2.52. The summed E-state index contributed by atoms with van der Waals surface area (Å²) in [6.45, 7) is 3.74. The van der Waals surface area contributed by atoms with Crippen LogP contribution in [0.3, 0.4) is 0 Å². The minimum absolute atomic E-state index is 0.128. The molecule has 3 N–H and O–H groups in total. The number of carboxylic acid groups (broad SMARTS) is 1. The van der Waals surface area contributed by atoms with Gasteiger partial charge in [0.2, 0.25) is 0 Å². The van der Waals surface area contributed by atoms with Gasteiger partial charge in [-0.05, 0) is 19.9 Å². The number of fused-ring (bicyclic) bond motifs is 1. The summed E-state index contributed by atoms with van der Waals surface area (Å²) in [5.74, 6) is -0.120. The Kier molecular flexibility index (Phi) is 2.81. The molecule has 0 radical (unpaired) electrons. The van der Waals surface area contributed by atoms with Crippen molar-refractivity contribution < 1.29 is 9.90 Å². The first-order valence-electron chi connectivity index (χ1n) is 5.28. The number of nitrogens with two attached hydrogens (primary N) is 1. The van der Waals surface area contributed by atoms with E-state index in [0.717, 1.165) is 17.2 Å². The van der Waals surface area contributed by atoms with E-state index >= 15 is 0 Å². The van der Waals surface area contributed by atoms with Gasteiger partial charge in [0.05, 0.1) is 18.2 Å². The van der Waals surface area contributed by atoms with Crippen molar-refractivity contribution in [3.05, 3.63) is 29.5 Å². The number of carboxylic acids is 1. The van der Waals surface area contributed by atoms with E-state index in [0.29, 0.717) is 5.69 Å². The zero-order chi connectivity index (χ0) is 12.6. The Hall–Kier alpha value is -1.95. The Bertz CT molecular complexity index is 576. The fourth-order valence-electron chi connectivity index (χ4n) is 1.97. The number of hydrogen-bond donors (Lipinski definition) is 2. The van der Waals surface area contributed by atoms with Crippen LogP contribution in [0.15, 0.2) is 12.3 Å². The van der Waals surface area contributed by atoms with Gasteiger partial charge in [0.15, 0.2) is 0 Å². The minimum atomic E-state index is -0.927. The molecule has 90 valence electrons. The van der Waals surface area contributed by atoms with Crippen LogP contribution >= 0.6 is 0 Å². The number of nitrogens with zero attached hydrogens (tertiary/aromatic N) is 3. The third-order valence-corrected chi connectivity index (χ3v) is 2.72. The van der Waals surface area contributed by atoms with Crippen molar-refractivity contribution in [2.75, 3.05) is 0 Å². The van der Waals surface area contributed by atoms with Crippen molar-refractivity contribution in [2.45, 2.75) is 26.3 Å². The van der Waals surface area contributed by atoms with Gasteiger partial charge in [0.25, 0.3) is 0 Å². The lowest BCUT2D eigenvalue weighted by Crippen LogP contribution is -2.16. The molecule has 0 amide bonds. The number of hydrogen-bond acceptors (Lipinski definition) is 4. The van der Waals surface area contributed by atoms with Gasteiger partial charge in [-0.2, -0.15) is 0 Å². The van der Waals surface area contributed by atoms with Gasteiger partial charge >= 0.3 is 5.97 Å². The Labute approximate surface area is 98.1 Å². The van der Waals surface area contributed by atoms with Crippen molar-refractivity contribution in [3.63, 3.8) is 0 Å². The van der Waals surface area contributed by atoms with Gasteiger partial charge in [-0.15, -0.1) is 0 Å². The molecule has 6 nitrogen and oxygen atoms in total. The molecule has 0 saturated heterocycles. The molecule has 0 spiro atoms. The molecule has 2 aromatic heterocycles. The number of aromatic nitrogens is 3. The lowest BCUT2D eigenvalue weighted by atomic mass is 10.1.